The predicted octanol–water partition coefficient (Wildman–Crippen LogP) is 0.336. The van der Waals surface area contributed by atoms with E-state index in [2.05, 4.69) is 5.32 Å². The molecule has 0 bridgehead atoms. The van der Waals surface area contributed by atoms with Crippen molar-refractivity contribution in [3.05, 3.63) is 0 Å². The first-order chi connectivity index (χ1) is 5.81. The number of hydrogen-bond donors (Lipinski definition) is 1. The first-order valence-electron chi connectivity index (χ1n) is 4.28. The number of rotatable bonds is 5. The van der Waals surface area contributed by atoms with Crippen molar-refractivity contribution < 1.29 is 13.2 Å². The predicted molar refractivity (Wildman–Crippen MR) is 52.2 cm³/mol. The lowest BCUT2D eigenvalue weighted by Gasteiger charge is -2.07. The van der Waals surface area contributed by atoms with Crippen LogP contribution in [0.3, 0.4) is 0 Å². The van der Waals surface area contributed by atoms with E-state index in [1.807, 2.05) is 13.8 Å². The summed E-state index contributed by atoms with van der Waals surface area (Å²) in [5, 5.41) is 2.70. The Morgan fingerprint density at radius 1 is 1.38 bits per heavy atom. The molecule has 0 aromatic carbocycles. The lowest BCUT2D eigenvalue weighted by molar-refractivity contribution is -0.121. The van der Waals surface area contributed by atoms with Crippen molar-refractivity contribution >= 4 is 15.7 Å². The molecule has 0 atom stereocenters. The van der Waals surface area contributed by atoms with Gasteiger partial charge in [-0.25, -0.2) is 8.42 Å². The second-order valence-electron chi connectivity index (χ2n) is 3.46. The maximum atomic E-state index is 11.0. The molecule has 1 N–H and O–H groups in total. The van der Waals surface area contributed by atoms with Crippen molar-refractivity contribution in [2.75, 3.05) is 12.0 Å². The van der Waals surface area contributed by atoms with Crippen molar-refractivity contribution in [2.45, 2.75) is 32.7 Å². The molecule has 0 heterocycles. The van der Waals surface area contributed by atoms with Gasteiger partial charge in [0.2, 0.25) is 5.91 Å². The topological polar surface area (TPSA) is 63.2 Å². The molecule has 0 fully saturated rings. The Kier molecular flexibility index (Phi) is 4.98. The summed E-state index contributed by atoms with van der Waals surface area (Å²) in [7, 11) is -2.93. The molecule has 13 heavy (non-hydrogen) atoms. The minimum atomic E-state index is -2.93. The summed E-state index contributed by atoms with van der Waals surface area (Å²) in [4.78, 5) is 11.0. The van der Waals surface area contributed by atoms with Crippen molar-refractivity contribution in [3.8, 4) is 0 Å². The largest absolute Gasteiger partial charge is 0.354 e. The van der Waals surface area contributed by atoms with E-state index in [1.165, 1.54) is 6.26 Å². The molecule has 0 rings (SSSR count). The number of nitrogens with one attached hydrogen (secondary N) is 1. The fourth-order valence-corrected chi connectivity index (χ4v) is 1.56. The third-order valence-electron chi connectivity index (χ3n) is 1.37. The lowest BCUT2D eigenvalue weighted by Crippen LogP contribution is -2.30. The summed E-state index contributed by atoms with van der Waals surface area (Å²) in [5.41, 5.74) is 0. The summed E-state index contributed by atoms with van der Waals surface area (Å²) < 4.78 is 21.4. The number of carbonyl (C=O) groups excluding carboxylic acids is 1. The van der Waals surface area contributed by atoms with Gasteiger partial charge in [-0.2, -0.15) is 0 Å². The fraction of sp³-hybridized carbons (Fsp3) is 0.875. The van der Waals surface area contributed by atoms with E-state index in [9.17, 15) is 13.2 Å². The molecule has 0 spiro atoms. The van der Waals surface area contributed by atoms with Gasteiger partial charge in [0.1, 0.15) is 9.84 Å². The van der Waals surface area contributed by atoms with Crippen LogP contribution in [0, 0.1) is 0 Å². The second-order valence-corrected chi connectivity index (χ2v) is 5.72. The van der Waals surface area contributed by atoms with Crippen LogP contribution < -0.4 is 5.32 Å². The smallest absolute Gasteiger partial charge is 0.220 e. The van der Waals surface area contributed by atoms with Gasteiger partial charge in [0, 0.05) is 18.7 Å². The van der Waals surface area contributed by atoms with E-state index in [0.717, 1.165) is 0 Å². The summed E-state index contributed by atoms with van der Waals surface area (Å²) in [5.74, 6) is -0.00272. The Morgan fingerprint density at radius 3 is 2.31 bits per heavy atom. The number of sulfone groups is 1. The fourth-order valence-electron chi connectivity index (χ4n) is 0.889. The zero-order valence-electron chi connectivity index (χ0n) is 8.33. The minimum Gasteiger partial charge on any atom is -0.354 e. The van der Waals surface area contributed by atoms with Crippen molar-refractivity contribution in [3.63, 3.8) is 0 Å². The zero-order chi connectivity index (χ0) is 10.5. The van der Waals surface area contributed by atoms with Gasteiger partial charge in [0.15, 0.2) is 0 Å². The van der Waals surface area contributed by atoms with Gasteiger partial charge < -0.3 is 5.32 Å². The average molecular weight is 207 g/mol. The number of hydrogen-bond acceptors (Lipinski definition) is 3. The molecular formula is C8H17NO3S. The molecule has 5 heteroatoms. The standard InChI is InChI=1S/C8H17NO3S/c1-7(2)9-8(10)5-4-6-13(3,11)12/h7H,4-6H2,1-3H3,(H,9,10). The van der Waals surface area contributed by atoms with E-state index in [4.69, 9.17) is 0 Å². The summed E-state index contributed by atoms with van der Waals surface area (Å²) in [6.07, 6.45) is 1.86. The van der Waals surface area contributed by atoms with Crippen LogP contribution in [0.4, 0.5) is 0 Å². The van der Waals surface area contributed by atoms with Gasteiger partial charge in [-0.3, -0.25) is 4.79 Å². The van der Waals surface area contributed by atoms with Crippen LogP contribution in [-0.4, -0.2) is 32.4 Å². The first-order valence-corrected chi connectivity index (χ1v) is 6.34. The average Bonchev–Trinajstić information content (AvgIpc) is 1.81. The first kappa shape index (κ1) is 12.4. The van der Waals surface area contributed by atoms with Gasteiger partial charge in [-0.1, -0.05) is 0 Å². The normalized spacial score (nSPS) is 11.7. The van der Waals surface area contributed by atoms with E-state index in [1.54, 1.807) is 0 Å². The van der Waals surface area contributed by atoms with E-state index in [0.29, 0.717) is 6.42 Å². The van der Waals surface area contributed by atoms with Crippen LogP contribution in [0.1, 0.15) is 26.7 Å². The molecule has 0 aliphatic rings. The van der Waals surface area contributed by atoms with Crippen LogP contribution in [0.25, 0.3) is 0 Å². The number of amides is 1. The Labute approximate surface area is 79.6 Å². The van der Waals surface area contributed by atoms with E-state index in [-0.39, 0.29) is 24.1 Å². The molecular weight excluding hydrogens is 190 g/mol. The Balaban J connectivity index is 3.61. The van der Waals surface area contributed by atoms with Crippen molar-refractivity contribution in [1.29, 1.82) is 0 Å². The molecule has 0 aromatic heterocycles. The minimum absolute atomic E-state index is 0.0819. The molecule has 0 saturated carbocycles. The highest BCUT2D eigenvalue weighted by atomic mass is 32.2. The van der Waals surface area contributed by atoms with E-state index < -0.39 is 9.84 Å². The molecule has 0 aliphatic heterocycles. The molecule has 0 unspecified atom stereocenters. The van der Waals surface area contributed by atoms with Crippen LogP contribution in [-0.2, 0) is 14.6 Å². The zero-order valence-corrected chi connectivity index (χ0v) is 9.15. The lowest BCUT2D eigenvalue weighted by atomic mass is 10.3. The molecule has 4 nitrogen and oxygen atoms in total. The summed E-state index contributed by atoms with van der Waals surface area (Å²) in [6.45, 7) is 3.74. The SMILES string of the molecule is CC(C)NC(=O)CCCS(C)(=O)=O. The molecule has 0 aliphatic carbocycles. The van der Waals surface area contributed by atoms with Crippen LogP contribution in [0.2, 0.25) is 0 Å². The molecule has 1 amide bonds. The highest BCUT2D eigenvalue weighted by Gasteiger charge is 2.06. The molecule has 0 saturated heterocycles. The molecule has 0 radical (unpaired) electrons. The maximum Gasteiger partial charge on any atom is 0.220 e. The Morgan fingerprint density at radius 2 is 1.92 bits per heavy atom. The van der Waals surface area contributed by atoms with Crippen molar-refractivity contribution in [1.82, 2.24) is 5.32 Å². The van der Waals surface area contributed by atoms with Crippen LogP contribution >= 0.6 is 0 Å². The van der Waals surface area contributed by atoms with Gasteiger partial charge in [-0.05, 0) is 20.3 Å². The Hall–Kier alpha value is -0.580. The highest BCUT2D eigenvalue weighted by molar-refractivity contribution is 7.90. The van der Waals surface area contributed by atoms with Gasteiger partial charge in [-0.15, -0.1) is 0 Å². The van der Waals surface area contributed by atoms with E-state index >= 15 is 0 Å². The summed E-state index contributed by atoms with van der Waals surface area (Å²) >= 11 is 0. The third-order valence-corrected chi connectivity index (χ3v) is 2.40. The van der Waals surface area contributed by atoms with Gasteiger partial charge >= 0.3 is 0 Å². The second kappa shape index (κ2) is 5.21. The number of carbonyl (C=O) groups is 1. The van der Waals surface area contributed by atoms with Gasteiger partial charge in [0.05, 0.1) is 5.75 Å². The van der Waals surface area contributed by atoms with Crippen LogP contribution in [0.5, 0.6) is 0 Å². The Bertz CT molecular complexity index is 257. The molecule has 78 valence electrons. The summed E-state index contributed by atoms with van der Waals surface area (Å²) in [6, 6.07) is 0.116. The quantitative estimate of drug-likeness (QED) is 0.707. The van der Waals surface area contributed by atoms with Crippen molar-refractivity contribution in [2.24, 2.45) is 0 Å². The molecule has 0 aromatic rings. The van der Waals surface area contributed by atoms with Gasteiger partial charge in [0.25, 0.3) is 0 Å². The van der Waals surface area contributed by atoms with Crippen LogP contribution in [0.15, 0.2) is 0 Å². The maximum absolute atomic E-state index is 11.0. The highest BCUT2D eigenvalue weighted by Crippen LogP contribution is 1.94. The monoisotopic (exact) mass is 207 g/mol. The third kappa shape index (κ3) is 9.33.